The molecule has 0 saturated heterocycles. The summed E-state index contributed by atoms with van der Waals surface area (Å²) in [5.41, 5.74) is 7.35. The number of nitrogens with zero attached hydrogens (tertiary/aromatic N) is 1. The van der Waals surface area contributed by atoms with Crippen LogP contribution in [0, 0.1) is 0 Å². The molecule has 26 heavy (non-hydrogen) atoms. The molecule has 5 rings (SSSR count). The molecule has 1 aromatic heterocycles. The molecule has 0 atom stereocenters. The summed E-state index contributed by atoms with van der Waals surface area (Å²) >= 11 is 3.69. The predicted octanol–water partition coefficient (Wildman–Crippen LogP) is 7.29. The largest absolute Gasteiger partial charge is 0.276 e. The highest BCUT2D eigenvalue weighted by Gasteiger charge is 2.10. The zero-order chi connectivity index (χ0) is 17.5. The summed E-state index contributed by atoms with van der Waals surface area (Å²) in [4.78, 5) is 0. The van der Waals surface area contributed by atoms with Crippen LogP contribution in [0.15, 0.2) is 97.1 Å². The van der Waals surface area contributed by atoms with Crippen molar-refractivity contribution in [3.05, 3.63) is 97.1 Å². The highest BCUT2D eigenvalue weighted by Crippen LogP contribution is 2.34. The number of rotatable bonds is 2. The van der Waals surface area contributed by atoms with Gasteiger partial charge in [-0.3, -0.25) is 3.59 Å². The Morgan fingerprint density at radius 1 is 0.462 bits per heavy atom. The molecular weight excluding hydrogens is 382 g/mol. The zero-order valence-corrected chi connectivity index (χ0v) is 15.6. The Morgan fingerprint density at radius 2 is 1.00 bits per heavy atom. The van der Waals surface area contributed by atoms with Crippen LogP contribution in [-0.4, -0.2) is 3.59 Å². The SMILES string of the molecule is Brn1c2ccccc2c2cc(-c3ccc(-c4ccccc4)cc3)ccc21. The van der Waals surface area contributed by atoms with Crippen molar-refractivity contribution in [1.82, 2.24) is 3.59 Å². The molecule has 0 aliphatic carbocycles. The predicted molar refractivity (Wildman–Crippen MR) is 115 cm³/mol. The molecule has 2 heteroatoms. The molecule has 0 saturated carbocycles. The van der Waals surface area contributed by atoms with Gasteiger partial charge in [-0.1, -0.05) is 78.9 Å². The minimum atomic E-state index is 1.19. The maximum atomic E-state index is 3.69. The zero-order valence-electron chi connectivity index (χ0n) is 14.1. The standard InChI is InChI=1S/C24H16BrN/c25-26-23-9-5-4-8-21(23)22-16-20(14-15-24(22)26)19-12-10-18(11-13-19)17-6-2-1-3-7-17/h1-16H. The number of fused-ring (bicyclic) bond motifs is 3. The van der Waals surface area contributed by atoms with Crippen molar-refractivity contribution in [2.45, 2.75) is 0 Å². The smallest absolute Gasteiger partial charge is 0.0605 e. The third-order valence-electron chi connectivity index (χ3n) is 4.94. The maximum Gasteiger partial charge on any atom is 0.0605 e. The highest BCUT2D eigenvalue weighted by molar-refractivity contribution is 9.08. The molecule has 0 spiro atoms. The minimum absolute atomic E-state index is 1.19. The van der Waals surface area contributed by atoms with Gasteiger partial charge in [0.1, 0.15) is 0 Å². The molecule has 1 nitrogen and oxygen atoms in total. The van der Waals surface area contributed by atoms with E-state index in [-0.39, 0.29) is 0 Å². The van der Waals surface area contributed by atoms with E-state index in [0.717, 1.165) is 0 Å². The van der Waals surface area contributed by atoms with Gasteiger partial charge < -0.3 is 0 Å². The lowest BCUT2D eigenvalue weighted by atomic mass is 9.99. The first kappa shape index (κ1) is 15.4. The lowest BCUT2D eigenvalue weighted by molar-refractivity contribution is 1.46. The number of aromatic nitrogens is 1. The van der Waals surface area contributed by atoms with Gasteiger partial charge in [0.25, 0.3) is 0 Å². The van der Waals surface area contributed by atoms with E-state index in [2.05, 4.69) is 111 Å². The fourth-order valence-electron chi connectivity index (χ4n) is 3.59. The van der Waals surface area contributed by atoms with E-state index < -0.39 is 0 Å². The van der Waals surface area contributed by atoms with Crippen LogP contribution in [0.5, 0.6) is 0 Å². The van der Waals surface area contributed by atoms with E-state index in [1.165, 1.54) is 44.1 Å². The second-order valence-electron chi connectivity index (χ2n) is 6.47. The number of halogens is 1. The van der Waals surface area contributed by atoms with E-state index in [1.807, 2.05) is 6.07 Å². The van der Waals surface area contributed by atoms with Gasteiger partial charge in [-0.05, 0) is 40.5 Å². The first-order chi connectivity index (χ1) is 12.8. The van der Waals surface area contributed by atoms with Crippen LogP contribution in [0.4, 0.5) is 0 Å². The first-order valence-corrected chi connectivity index (χ1v) is 9.37. The third-order valence-corrected chi connectivity index (χ3v) is 5.70. The highest BCUT2D eigenvalue weighted by atomic mass is 79.9. The molecular formula is C24H16BrN. The molecule has 0 aliphatic heterocycles. The fourth-order valence-corrected chi connectivity index (χ4v) is 4.21. The average molecular weight is 398 g/mol. The fraction of sp³-hybridized carbons (Fsp3) is 0. The van der Waals surface area contributed by atoms with Crippen LogP contribution in [0.1, 0.15) is 0 Å². The van der Waals surface area contributed by atoms with Gasteiger partial charge in [-0.25, -0.2) is 0 Å². The topological polar surface area (TPSA) is 4.93 Å². The van der Waals surface area contributed by atoms with Crippen LogP contribution in [0.3, 0.4) is 0 Å². The summed E-state index contributed by atoms with van der Waals surface area (Å²) in [6.45, 7) is 0. The average Bonchev–Trinajstić information content (AvgIpc) is 3.01. The van der Waals surface area contributed by atoms with Crippen LogP contribution in [0.25, 0.3) is 44.1 Å². The lowest BCUT2D eigenvalue weighted by Gasteiger charge is -2.06. The summed E-state index contributed by atoms with van der Waals surface area (Å²) in [6, 6.07) is 34.4. The second kappa shape index (κ2) is 6.15. The molecule has 0 amide bonds. The molecule has 4 aromatic carbocycles. The Bertz CT molecular complexity index is 1220. The molecule has 124 valence electrons. The van der Waals surface area contributed by atoms with Crippen molar-refractivity contribution in [3.8, 4) is 22.3 Å². The monoisotopic (exact) mass is 397 g/mol. The molecule has 0 unspecified atom stereocenters. The van der Waals surface area contributed by atoms with Crippen molar-refractivity contribution in [3.63, 3.8) is 0 Å². The first-order valence-electron chi connectivity index (χ1n) is 8.66. The van der Waals surface area contributed by atoms with E-state index in [1.54, 1.807) is 0 Å². The summed E-state index contributed by atoms with van der Waals surface area (Å²) in [6.07, 6.45) is 0. The summed E-state index contributed by atoms with van der Waals surface area (Å²) in [5.74, 6) is 0. The summed E-state index contributed by atoms with van der Waals surface area (Å²) < 4.78 is 2.08. The van der Waals surface area contributed by atoms with E-state index in [4.69, 9.17) is 0 Å². The number of hydrogen-bond donors (Lipinski definition) is 0. The molecule has 0 radical (unpaired) electrons. The quantitative estimate of drug-likeness (QED) is 0.294. The van der Waals surface area contributed by atoms with Gasteiger partial charge >= 0.3 is 0 Å². The van der Waals surface area contributed by atoms with Gasteiger partial charge in [-0.2, -0.15) is 0 Å². The van der Waals surface area contributed by atoms with Gasteiger partial charge in [0, 0.05) is 10.8 Å². The van der Waals surface area contributed by atoms with Crippen molar-refractivity contribution in [1.29, 1.82) is 0 Å². The summed E-state index contributed by atoms with van der Waals surface area (Å²) in [5, 5.41) is 2.53. The molecule has 0 fully saturated rings. The maximum absolute atomic E-state index is 3.69. The van der Waals surface area contributed by atoms with Gasteiger partial charge in [-0.15, -0.1) is 0 Å². The van der Waals surface area contributed by atoms with Crippen LogP contribution >= 0.6 is 16.1 Å². The van der Waals surface area contributed by atoms with Crippen LogP contribution < -0.4 is 0 Å². The van der Waals surface area contributed by atoms with Crippen LogP contribution in [0.2, 0.25) is 0 Å². The minimum Gasteiger partial charge on any atom is -0.276 e. The van der Waals surface area contributed by atoms with Gasteiger partial charge in [0.2, 0.25) is 0 Å². The van der Waals surface area contributed by atoms with Gasteiger partial charge in [0.05, 0.1) is 27.2 Å². The Labute approximate surface area is 160 Å². The lowest BCUT2D eigenvalue weighted by Crippen LogP contribution is -1.81. The van der Waals surface area contributed by atoms with Crippen molar-refractivity contribution in [2.75, 3.05) is 0 Å². The Morgan fingerprint density at radius 3 is 1.77 bits per heavy atom. The second-order valence-corrected chi connectivity index (χ2v) is 7.18. The van der Waals surface area contributed by atoms with Crippen molar-refractivity contribution in [2.24, 2.45) is 0 Å². The molecule has 1 heterocycles. The Balaban J connectivity index is 1.62. The molecule has 0 aliphatic rings. The van der Waals surface area contributed by atoms with Gasteiger partial charge in [0.15, 0.2) is 0 Å². The normalized spacial score (nSPS) is 11.3. The van der Waals surface area contributed by atoms with Crippen LogP contribution in [-0.2, 0) is 0 Å². The van der Waals surface area contributed by atoms with E-state index >= 15 is 0 Å². The number of para-hydroxylation sites is 1. The van der Waals surface area contributed by atoms with Crippen molar-refractivity contribution < 1.29 is 0 Å². The third kappa shape index (κ3) is 2.46. The molecule has 0 N–H and O–H groups in total. The molecule has 0 bridgehead atoms. The molecule has 5 aromatic rings. The Hall–Kier alpha value is -2.84. The number of hydrogen-bond acceptors (Lipinski definition) is 0. The number of benzene rings is 4. The van der Waals surface area contributed by atoms with E-state index in [9.17, 15) is 0 Å². The van der Waals surface area contributed by atoms with E-state index in [0.29, 0.717) is 0 Å². The summed E-state index contributed by atoms with van der Waals surface area (Å²) in [7, 11) is 0. The van der Waals surface area contributed by atoms with Crippen molar-refractivity contribution >= 4 is 38.0 Å². The Kier molecular flexibility index (Phi) is 3.65.